The van der Waals surface area contributed by atoms with Gasteiger partial charge in [-0.15, -0.1) is 10.2 Å². The minimum atomic E-state index is 0.783. The van der Waals surface area contributed by atoms with Gasteiger partial charge in [0.25, 0.3) is 0 Å². The summed E-state index contributed by atoms with van der Waals surface area (Å²) in [4.78, 5) is 17.5. The minimum Gasteiger partial charge on any atom is -0.351 e. The number of aromatic nitrogens is 5. The van der Waals surface area contributed by atoms with Crippen molar-refractivity contribution in [2.75, 3.05) is 36.0 Å². The van der Waals surface area contributed by atoms with Crippen LogP contribution in [0.2, 0.25) is 0 Å². The molecule has 0 unspecified atom stereocenters. The van der Waals surface area contributed by atoms with E-state index in [-0.39, 0.29) is 0 Å². The van der Waals surface area contributed by atoms with Crippen LogP contribution >= 0.6 is 0 Å². The average molecular weight is 397 g/mol. The molecule has 0 N–H and O–H groups in total. The van der Waals surface area contributed by atoms with Crippen molar-refractivity contribution in [3.05, 3.63) is 73.0 Å². The molecular weight excluding hydrogens is 374 g/mol. The first-order chi connectivity index (χ1) is 14.9. The lowest BCUT2D eigenvalue weighted by Gasteiger charge is -2.36. The maximum absolute atomic E-state index is 4.69. The Bertz CT molecular complexity index is 1060. The molecule has 0 spiro atoms. The number of hydrogen-bond acceptors (Lipinski definition) is 7. The standard InChI is InChI=1S/C23H23N7/c1-2-5-19(6-3-1)21-17-20(18-7-11-24-12-8-18)22(28-27-21)29-13-15-30(16-14-29)23-25-9-4-10-26-23/h1-2,4-5,7-12,17H,3,6,13-16H2. The van der Waals surface area contributed by atoms with E-state index in [4.69, 9.17) is 5.10 Å². The summed E-state index contributed by atoms with van der Waals surface area (Å²) in [6.45, 7) is 3.38. The van der Waals surface area contributed by atoms with Gasteiger partial charge in [-0.1, -0.05) is 18.2 Å². The highest BCUT2D eigenvalue weighted by atomic mass is 15.3. The molecule has 3 aromatic heterocycles. The van der Waals surface area contributed by atoms with Crippen molar-refractivity contribution in [3.8, 4) is 11.1 Å². The van der Waals surface area contributed by atoms with Crippen LogP contribution in [0.4, 0.5) is 11.8 Å². The van der Waals surface area contributed by atoms with E-state index < -0.39 is 0 Å². The van der Waals surface area contributed by atoms with Gasteiger partial charge in [-0.05, 0) is 48.2 Å². The molecule has 1 aliphatic heterocycles. The van der Waals surface area contributed by atoms with Crippen LogP contribution in [0.1, 0.15) is 18.5 Å². The molecule has 2 aliphatic rings. The van der Waals surface area contributed by atoms with E-state index in [0.717, 1.165) is 67.6 Å². The molecule has 30 heavy (non-hydrogen) atoms. The largest absolute Gasteiger partial charge is 0.351 e. The maximum Gasteiger partial charge on any atom is 0.225 e. The van der Waals surface area contributed by atoms with Gasteiger partial charge in [0.05, 0.1) is 5.69 Å². The molecule has 4 heterocycles. The SMILES string of the molecule is C1=CCCC(c2cc(-c3ccncc3)c(N3CCN(c4ncccn4)CC3)nn2)=C1. The molecule has 0 amide bonds. The van der Waals surface area contributed by atoms with E-state index in [1.807, 2.05) is 30.6 Å². The predicted octanol–water partition coefficient (Wildman–Crippen LogP) is 3.39. The van der Waals surface area contributed by atoms with Crippen LogP contribution in [0, 0.1) is 0 Å². The molecule has 7 heteroatoms. The van der Waals surface area contributed by atoms with E-state index in [2.05, 4.69) is 54.1 Å². The lowest BCUT2D eigenvalue weighted by atomic mass is 9.99. The van der Waals surface area contributed by atoms with Crippen LogP contribution in [0.15, 0.2) is 67.3 Å². The van der Waals surface area contributed by atoms with Gasteiger partial charge >= 0.3 is 0 Å². The third-order valence-corrected chi connectivity index (χ3v) is 5.52. The summed E-state index contributed by atoms with van der Waals surface area (Å²) >= 11 is 0. The zero-order valence-electron chi connectivity index (χ0n) is 16.7. The second-order valence-corrected chi connectivity index (χ2v) is 7.38. The summed E-state index contributed by atoms with van der Waals surface area (Å²) in [6.07, 6.45) is 15.7. The topological polar surface area (TPSA) is 70.9 Å². The summed E-state index contributed by atoms with van der Waals surface area (Å²) in [5.74, 6) is 1.70. The zero-order chi connectivity index (χ0) is 20.2. The molecule has 1 saturated heterocycles. The molecular formula is C23H23N7. The van der Waals surface area contributed by atoms with E-state index >= 15 is 0 Å². The lowest BCUT2D eigenvalue weighted by molar-refractivity contribution is 0.631. The Balaban J connectivity index is 1.44. The summed E-state index contributed by atoms with van der Waals surface area (Å²) < 4.78 is 0. The number of anilines is 2. The van der Waals surface area contributed by atoms with Gasteiger partial charge in [0.1, 0.15) is 0 Å². The average Bonchev–Trinajstić information content (AvgIpc) is 2.85. The van der Waals surface area contributed by atoms with Crippen molar-refractivity contribution in [3.63, 3.8) is 0 Å². The number of allylic oxidation sites excluding steroid dienone is 4. The molecule has 150 valence electrons. The number of pyridine rings is 1. The first-order valence-corrected chi connectivity index (χ1v) is 10.3. The Labute approximate surface area is 175 Å². The van der Waals surface area contributed by atoms with Gasteiger partial charge in [0.2, 0.25) is 5.95 Å². The van der Waals surface area contributed by atoms with Gasteiger partial charge in [-0.25, -0.2) is 9.97 Å². The normalized spacial score (nSPS) is 16.5. The first-order valence-electron chi connectivity index (χ1n) is 10.3. The van der Waals surface area contributed by atoms with Crippen LogP contribution in [0.3, 0.4) is 0 Å². The van der Waals surface area contributed by atoms with Crippen molar-refractivity contribution < 1.29 is 0 Å². The van der Waals surface area contributed by atoms with Crippen molar-refractivity contribution >= 4 is 17.3 Å². The van der Waals surface area contributed by atoms with E-state index in [1.54, 1.807) is 12.4 Å². The molecule has 0 radical (unpaired) electrons. The van der Waals surface area contributed by atoms with Crippen molar-refractivity contribution in [1.29, 1.82) is 0 Å². The van der Waals surface area contributed by atoms with Crippen LogP contribution in [-0.2, 0) is 0 Å². The lowest BCUT2D eigenvalue weighted by Crippen LogP contribution is -2.47. The Hall–Kier alpha value is -3.61. The summed E-state index contributed by atoms with van der Waals surface area (Å²) in [6, 6.07) is 8.09. The molecule has 0 aromatic carbocycles. The Morgan fingerprint density at radius 2 is 1.60 bits per heavy atom. The van der Waals surface area contributed by atoms with Crippen molar-refractivity contribution in [1.82, 2.24) is 25.1 Å². The van der Waals surface area contributed by atoms with Crippen LogP contribution in [0.25, 0.3) is 16.7 Å². The van der Waals surface area contributed by atoms with Gasteiger partial charge in [-0.2, -0.15) is 0 Å². The summed E-state index contributed by atoms with van der Waals surface area (Å²) in [5.41, 5.74) is 4.39. The van der Waals surface area contributed by atoms with E-state index in [0.29, 0.717) is 0 Å². The fourth-order valence-corrected chi connectivity index (χ4v) is 3.91. The quantitative estimate of drug-likeness (QED) is 0.668. The van der Waals surface area contributed by atoms with E-state index in [1.165, 1.54) is 5.57 Å². The molecule has 1 fully saturated rings. The van der Waals surface area contributed by atoms with Gasteiger partial charge in [-0.3, -0.25) is 4.98 Å². The number of rotatable bonds is 4. The summed E-state index contributed by atoms with van der Waals surface area (Å²) in [5, 5.41) is 9.29. The Morgan fingerprint density at radius 1 is 0.833 bits per heavy atom. The highest BCUT2D eigenvalue weighted by Gasteiger charge is 2.23. The molecule has 5 rings (SSSR count). The molecule has 3 aromatic rings. The third kappa shape index (κ3) is 3.78. The fraction of sp³-hybridized carbons (Fsp3) is 0.261. The molecule has 1 aliphatic carbocycles. The molecule has 0 bridgehead atoms. The van der Waals surface area contributed by atoms with Gasteiger partial charge in [0, 0.05) is 56.5 Å². The van der Waals surface area contributed by atoms with Crippen molar-refractivity contribution in [2.24, 2.45) is 0 Å². The smallest absolute Gasteiger partial charge is 0.225 e. The number of nitrogens with zero attached hydrogens (tertiary/aromatic N) is 7. The van der Waals surface area contributed by atoms with Crippen LogP contribution in [0.5, 0.6) is 0 Å². The predicted molar refractivity (Wildman–Crippen MR) is 118 cm³/mol. The monoisotopic (exact) mass is 397 g/mol. The second kappa shape index (κ2) is 8.41. The second-order valence-electron chi connectivity index (χ2n) is 7.38. The van der Waals surface area contributed by atoms with Crippen LogP contribution in [-0.4, -0.2) is 51.3 Å². The summed E-state index contributed by atoms with van der Waals surface area (Å²) in [7, 11) is 0. The first kappa shape index (κ1) is 18.4. The number of piperazine rings is 1. The minimum absolute atomic E-state index is 0.783. The maximum atomic E-state index is 4.69. The van der Waals surface area contributed by atoms with Gasteiger partial charge < -0.3 is 9.80 Å². The molecule has 7 nitrogen and oxygen atoms in total. The van der Waals surface area contributed by atoms with Gasteiger partial charge in [0.15, 0.2) is 5.82 Å². The molecule has 0 saturated carbocycles. The van der Waals surface area contributed by atoms with Crippen molar-refractivity contribution in [2.45, 2.75) is 12.8 Å². The third-order valence-electron chi connectivity index (χ3n) is 5.52. The highest BCUT2D eigenvalue weighted by Crippen LogP contribution is 2.32. The molecule has 0 atom stereocenters. The zero-order valence-corrected chi connectivity index (χ0v) is 16.7. The Morgan fingerprint density at radius 3 is 2.33 bits per heavy atom. The Kier molecular flexibility index (Phi) is 5.16. The van der Waals surface area contributed by atoms with E-state index in [9.17, 15) is 0 Å². The number of hydrogen-bond donors (Lipinski definition) is 0. The highest BCUT2D eigenvalue weighted by molar-refractivity contribution is 5.79. The fourth-order valence-electron chi connectivity index (χ4n) is 3.91. The van der Waals surface area contributed by atoms with Crippen LogP contribution < -0.4 is 9.80 Å².